The van der Waals surface area contributed by atoms with Crippen molar-refractivity contribution in [2.45, 2.75) is 39.2 Å². The molecule has 0 spiro atoms. The molecule has 2 rings (SSSR count). The summed E-state index contributed by atoms with van der Waals surface area (Å²) in [5.74, 6) is 1.13. The lowest BCUT2D eigenvalue weighted by atomic mass is 9.85. The lowest BCUT2D eigenvalue weighted by Crippen LogP contribution is -2.38. The molecule has 1 fully saturated rings. The molecule has 0 unspecified atom stereocenters. The van der Waals surface area contributed by atoms with Crippen molar-refractivity contribution in [3.63, 3.8) is 0 Å². The van der Waals surface area contributed by atoms with Gasteiger partial charge in [-0.25, -0.2) is 4.99 Å². The van der Waals surface area contributed by atoms with Crippen LogP contribution in [0.4, 0.5) is 5.69 Å². The van der Waals surface area contributed by atoms with E-state index in [0.29, 0.717) is 6.54 Å². The molecule has 0 radical (unpaired) electrons. The number of carbonyl (C=O) groups excluding carboxylic acids is 1. The first-order valence-electron chi connectivity index (χ1n) is 9.14. The summed E-state index contributed by atoms with van der Waals surface area (Å²) >= 11 is 0. The Morgan fingerprint density at radius 1 is 1.32 bits per heavy atom. The number of hydrogen-bond acceptors (Lipinski definition) is 3. The van der Waals surface area contributed by atoms with E-state index in [1.807, 2.05) is 31.2 Å². The van der Waals surface area contributed by atoms with E-state index in [1.165, 1.54) is 0 Å². The number of aliphatic imine (C=N–C) groups is 1. The number of guanidine groups is 1. The average molecular weight is 346 g/mol. The maximum atomic E-state index is 12.1. The van der Waals surface area contributed by atoms with Gasteiger partial charge in [0.1, 0.15) is 0 Å². The Bertz CT molecular complexity index is 570. The van der Waals surface area contributed by atoms with Gasteiger partial charge in [-0.3, -0.25) is 4.79 Å². The van der Waals surface area contributed by atoms with E-state index in [2.05, 4.69) is 20.9 Å². The second-order valence-corrected chi connectivity index (χ2v) is 6.29. The Hall–Kier alpha value is -2.08. The minimum Gasteiger partial charge on any atom is -0.385 e. The highest BCUT2D eigenvalue weighted by Gasteiger charge is 2.25. The van der Waals surface area contributed by atoms with E-state index in [9.17, 15) is 4.79 Å². The zero-order valence-electron chi connectivity index (χ0n) is 15.3. The van der Waals surface area contributed by atoms with Crippen molar-refractivity contribution in [1.82, 2.24) is 10.6 Å². The molecule has 1 aromatic carbocycles. The van der Waals surface area contributed by atoms with Crippen LogP contribution in [0.1, 0.15) is 38.2 Å². The van der Waals surface area contributed by atoms with Crippen LogP contribution in [-0.4, -0.2) is 38.7 Å². The molecule has 3 N–H and O–H groups in total. The van der Waals surface area contributed by atoms with Crippen molar-refractivity contribution in [2.24, 2.45) is 10.9 Å². The summed E-state index contributed by atoms with van der Waals surface area (Å²) < 4.78 is 5.05. The molecule has 1 aromatic rings. The molecule has 0 aliphatic heterocycles. The summed E-state index contributed by atoms with van der Waals surface area (Å²) in [6.45, 7) is 4.97. The molecular formula is C19H30N4O2. The number of ether oxygens (including phenoxy) is 1. The topological polar surface area (TPSA) is 74.8 Å². The van der Waals surface area contributed by atoms with E-state index in [0.717, 1.165) is 62.6 Å². The van der Waals surface area contributed by atoms with Gasteiger partial charge in [-0.05, 0) is 43.9 Å². The predicted octanol–water partition coefficient (Wildman–Crippen LogP) is 2.52. The van der Waals surface area contributed by atoms with Crippen LogP contribution in [-0.2, 0) is 16.1 Å². The third-order valence-corrected chi connectivity index (χ3v) is 4.25. The first kappa shape index (κ1) is 19.2. The van der Waals surface area contributed by atoms with Crippen LogP contribution < -0.4 is 16.0 Å². The zero-order chi connectivity index (χ0) is 17.9. The number of rotatable bonds is 9. The van der Waals surface area contributed by atoms with Crippen molar-refractivity contribution < 1.29 is 9.53 Å². The highest BCUT2D eigenvalue weighted by Crippen LogP contribution is 2.27. The molecule has 25 heavy (non-hydrogen) atoms. The lowest BCUT2D eigenvalue weighted by molar-refractivity contribution is -0.122. The molecule has 6 heteroatoms. The van der Waals surface area contributed by atoms with Crippen LogP contribution in [0.2, 0.25) is 0 Å². The van der Waals surface area contributed by atoms with Gasteiger partial charge in [-0.1, -0.05) is 18.6 Å². The van der Waals surface area contributed by atoms with Gasteiger partial charge in [-0.2, -0.15) is 0 Å². The van der Waals surface area contributed by atoms with Crippen LogP contribution >= 0.6 is 0 Å². The fraction of sp³-hybridized carbons (Fsp3) is 0.579. The number of nitrogens with zero attached hydrogens (tertiary/aromatic N) is 1. The standard InChI is InChI=1S/C19H30N4O2/c1-3-20-19(21-11-6-12-25-2)22-14-15-7-4-10-17(13-15)23-18(24)16-8-5-9-16/h4,7,10,13,16H,3,5-6,8-9,11-12,14H2,1-2H3,(H,23,24)(H2,20,21,22). The number of methoxy groups -OCH3 is 1. The largest absolute Gasteiger partial charge is 0.385 e. The molecule has 0 heterocycles. The number of anilines is 1. The molecular weight excluding hydrogens is 316 g/mol. The quantitative estimate of drug-likeness (QED) is 0.365. The summed E-state index contributed by atoms with van der Waals surface area (Å²) in [6.07, 6.45) is 4.12. The minimum atomic E-state index is 0.139. The molecule has 1 aliphatic rings. The molecule has 1 amide bonds. The SMILES string of the molecule is CCNC(=NCc1cccc(NC(=O)C2CCC2)c1)NCCCOC. The van der Waals surface area contributed by atoms with Gasteiger partial charge in [0.25, 0.3) is 0 Å². The van der Waals surface area contributed by atoms with Crippen LogP contribution in [0.15, 0.2) is 29.3 Å². The minimum absolute atomic E-state index is 0.139. The number of hydrogen-bond donors (Lipinski definition) is 3. The highest BCUT2D eigenvalue weighted by atomic mass is 16.5. The first-order valence-corrected chi connectivity index (χ1v) is 9.14. The van der Waals surface area contributed by atoms with Crippen molar-refractivity contribution >= 4 is 17.6 Å². The summed E-state index contributed by atoms with van der Waals surface area (Å²) in [6, 6.07) is 7.91. The fourth-order valence-corrected chi connectivity index (χ4v) is 2.60. The molecule has 1 aliphatic carbocycles. The van der Waals surface area contributed by atoms with Crippen molar-refractivity contribution in [3.8, 4) is 0 Å². The van der Waals surface area contributed by atoms with Gasteiger partial charge < -0.3 is 20.7 Å². The van der Waals surface area contributed by atoms with Gasteiger partial charge in [0, 0.05) is 38.4 Å². The summed E-state index contributed by atoms with van der Waals surface area (Å²) in [4.78, 5) is 16.7. The smallest absolute Gasteiger partial charge is 0.227 e. The van der Waals surface area contributed by atoms with E-state index in [4.69, 9.17) is 4.74 Å². The van der Waals surface area contributed by atoms with Crippen LogP contribution in [0.3, 0.4) is 0 Å². The fourth-order valence-electron chi connectivity index (χ4n) is 2.60. The first-order chi connectivity index (χ1) is 12.2. The normalized spacial score (nSPS) is 14.7. The Kier molecular flexibility index (Phi) is 8.25. The van der Waals surface area contributed by atoms with E-state index >= 15 is 0 Å². The summed E-state index contributed by atoms with van der Waals surface area (Å²) in [5.41, 5.74) is 1.92. The second kappa shape index (κ2) is 10.7. The molecule has 0 aromatic heterocycles. The van der Waals surface area contributed by atoms with E-state index in [1.54, 1.807) is 7.11 Å². The van der Waals surface area contributed by atoms with Crippen molar-refractivity contribution in [3.05, 3.63) is 29.8 Å². The Morgan fingerprint density at radius 2 is 2.16 bits per heavy atom. The van der Waals surface area contributed by atoms with Gasteiger partial charge in [0.2, 0.25) is 5.91 Å². The molecule has 0 atom stereocenters. The van der Waals surface area contributed by atoms with E-state index < -0.39 is 0 Å². The monoisotopic (exact) mass is 346 g/mol. The summed E-state index contributed by atoms with van der Waals surface area (Å²) in [7, 11) is 1.70. The average Bonchev–Trinajstić information content (AvgIpc) is 2.55. The van der Waals surface area contributed by atoms with E-state index in [-0.39, 0.29) is 11.8 Å². The molecule has 1 saturated carbocycles. The summed E-state index contributed by atoms with van der Waals surface area (Å²) in [5, 5.41) is 9.54. The maximum Gasteiger partial charge on any atom is 0.227 e. The van der Waals surface area contributed by atoms with Crippen LogP contribution in [0, 0.1) is 5.92 Å². The highest BCUT2D eigenvalue weighted by molar-refractivity contribution is 5.93. The lowest BCUT2D eigenvalue weighted by Gasteiger charge is -2.24. The number of nitrogens with one attached hydrogen (secondary N) is 3. The van der Waals surface area contributed by atoms with Gasteiger partial charge in [0.15, 0.2) is 5.96 Å². The van der Waals surface area contributed by atoms with Crippen LogP contribution in [0.5, 0.6) is 0 Å². The Labute approximate surface area is 150 Å². The molecule has 0 bridgehead atoms. The van der Waals surface area contributed by atoms with Crippen molar-refractivity contribution in [1.29, 1.82) is 0 Å². The second-order valence-electron chi connectivity index (χ2n) is 6.29. The number of amides is 1. The van der Waals surface area contributed by atoms with Gasteiger partial charge in [-0.15, -0.1) is 0 Å². The Morgan fingerprint density at radius 3 is 2.84 bits per heavy atom. The number of carbonyl (C=O) groups is 1. The third-order valence-electron chi connectivity index (χ3n) is 4.25. The molecule has 6 nitrogen and oxygen atoms in total. The van der Waals surface area contributed by atoms with Crippen LogP contribution in [0.25, 0.3) is 0 Å². The third kappa shape index (κ3) is 6.74. The number of benzene rings is 1. The molecule has 0 saturated heterocycles. The van der Waals surface area contributed by atoms with Gasteiger partial charge in [0.05, 0.1) is 6.54 Å². The van der Waals surface area contributed by atoms with Gasteiger partial charge >= 0.3 is 0 Å². The molecule has 138 valence electrons. The predicted molar refractivity (Wildman–Crippen MR) is 102 cm³/mol. The zero-order valence-corrected chi connectivity index (χ0v) is 15.3. The van der Waals surface area contributed by atoms with Crippen molar-refractivity contribution in [2.75, 3.05) is 32.1 Å². The Balaban J connectivity index is 1.88. The maximum absolute atomic E-state index is 12.1.